The summed E-state index contributed by atoms with van der Waals surface area (Å²) in [6.45, 7) is 16.0. The molecule has 0 radical (unpaired) electrons. The van der Waals surface area contributed by atoms with Gasteiger partial charge in [0, 0.05) is 32.2 Å². The molecular formula is C27H49N3O2. The Labute approximate surface area is 198 Å². The Kier molecular flexibility index (Phi) is 14.3. The quantitative estimate of drug-likeness (QED) is 0.258. The summed E-state index contributed by atoms with van der Waals surface area (Å²) in [4.78, 5) is 20.1. The van der Waals surface area contributed by atoms with E-state index in [1.54, 1.807) is 7.11 Å². The lowest BCUT2D eigenvalue weighted by Gasteiger charge is -2.30. The number of ether oxygens (including phenoxy) is 1. The number of rotatable bonds is 15. The van der Waals surface area contributed by atoms with Crippen LogP contribution in [-0.2, 0) is 9.53 Å². The number of methoxy groups -OCH3 is 1. The first-order valence-electron chi connectivity index (χ1n) is 12.7. The first kappa shape index (κ1) is 28.4. The van der Waals surface area contributed by atoms with Gasteiger partial charge in [-0.25, -0.2) is 0 Å². The Morgan fingerprint density at radius 2 is 1.81 bits per heavy atom. The number of nitrogens with zero attached hydrogens (tertiary/aromatic N) is 3. The van der Waals surface area contributed by atoms with Crippen LogP contribution in [-0.4, -0.2) is 80.1 Å². The van der Waals surface area contributed by atoms with E-state index in [9.17, 15) is 4.79 Å². The molecule has 5 nitrogen and oxygen atoms in total. The molecule has 0 saturated carbocycles. The van der Waals surface area contributed by atoms with E-state index in [0.29, 0.717) is 24.4 Å². The zero-order chi connectivity index (χ0) is 23.9. The first-order chi connectivity index (χ1) is 15.4. The van der Waals surface area contributed by atoms with Gasteiger partial charge in [-0.15, -0.1) is 0 Å². The number of carbonyl (C=O) groups is 1. The van der Waals surface area contributed by atoms with E-state index in [1.807, 2.05) is 13.0 Å². The lowest BCUT2D eigenvalue weighted by atomic mass is 10.0. The second kappa shape index (κ2) is 16.1. The maximum Gasteiger partial charge on any atom is 0.236 e. The van der Waals surface area contributed by atoms with Gasteiger partial charge in [-0.05, 0) is 64.3 Å². The van der Waals surface area contributed by atoms with Crippen molar-refractivity contribution < 1.29 is 9.53 Å². The number of allylic oxidation sites excluding steroid dienone is 4. The molecule has 2 unspecified atom stereocenters. The lowest BCUT2D eigenvalue weighted by molar-refractivity contribution is -0.132. The first-order valence-corrected chi connectivity index (χ1v) is 12.7. The Balaban J connectivity index is 2.88. The summed E-state index contributed by atoms with van der Waals surface area (Å²) in [5, 5.41) is 0. The van der Waals surface area contributed by atoms with Crippen LogP contribution in [0.3, 0.4) is 0 Å². The number of likely N-dealkylation sites (tertiary alicyclic amines) is 1. The summed E-state index contributed by atoms with van der Waals surface area (Å²) >= 11 is 0. The summed E-state index contributed by atoms with van der Waals surface area (Å²) in [6, 6.07) is 0.417. The zero-order valence-corrected chi connectivity index (χ0v) is 21.9. The number of unbranched alkanes of at least 4 members (excludes halogenated alkanes) is 2. The Bertz CT molecular complexity index is 618. The maximum atomic E-state index is 13.2. The van der Waals surface area contributed by atoms with Crippen molar-refractivity contribution in [2.75, 3.05) is 53.4 Å². The number of hydrogen-bond donors (Lipinski definition) is 0. The minimum atomic E-state index is 0.297. The third-order valence-electron chi connectivity index (χ3n) is 6.55. The van der Waals surface area contributed by atoms with E-state index in [-0.39, 0.29) is 0 Å². The molecule has 0 spiro atoms. The SMILES string of the molecule is C\C=C(C)/C(=C\C=C\C1CC(CN(C)CC)N(CC(=O)N(CCCC)CCCC)C1)OC. The molecule has 2 atom stereocenters. The van der Waals surface area contributed by atoms with Gasteiger partial charge in [-0.1, -0.05) is 51.8 Å². The van der Waals surface area contributed by atoms with Gasteiger partial charge < -0.3 is 14.5 Å². The van der Waals surface area contributed by atoms with E-state index in [2.05, 4.69) is 67.7 Å². The van der Waals surface area contributed by atoms with Gasteiger partial charge in [0.1, 0.15) is 5.76 Å². The normalized spacial score (nSPS) is 20.5. The summed E-state index contributed by atoms with van der Waals surface area (Å²) in [6.07, 6.45) is 14.0. The van der Waals surface area contributed by atoms with Crippen molar-refractivity contribution in [2.24, 2.45) is 5.92 Å². The summed E-state index contributed by atoms with van der Waals surface area (Å²) in [7, 11) is 3.89. The van der Waals surface area contributed by atoms with Crippen molar-refractivity contribution in [2.45, 2.75) is 72.8 Å². The zero-order valence-electron chi connectivity index (χ0n) is 21.9. The van der Waals surface area contributed by atoms with Gasteiger partial charge >= 0.3 is 0 Å². The van der Waals surface area contributed by atoms with Crippen LogP contribution in [0.1, 0.15) is 66.7 Å². The van der Waals surface area contributed by atoms with E-state index >= 15 is 0 Å². The van der Waals surface area contributed by atoms with Crippen LogP contribution in [0.2, 0.25) is 0 Å². The van der Waals surface area contributed by atoms with E-state index in [0.717, 1.165) is 76.2 Å². The van der Waals surface area contributed by atoms with Crippen molar-refractivity contribution in [3.05, 3.63) is 35.6 Å². The average molecular weight is 448 g/mol. The highest BCUT2D eigenvalue weighted by atomic mass is 16.5. The highest BCUT2D eigenvalue weighted by Crippen LogP contribution is 2.25. The number of carbonyl (C=O) groups excluding carboxylic acids is 1. The van der Waals surface area contributed by atoms with Crippen LogP contribution in [0.4, 0.5) is 0 Å². The predicted molar refractivity (Wildman–Crippen MR) is 137 cm³/mol. The molecule has 1 aliphatic rings. The molecule has 5 heteroatoms. The Morgan fingerprint density at radius 3 is 2.34 bits per heavy atom. The standard InChI is InChI=1S/C27H49N3O2/c1-8-12-17-29(18-13-9-2)27(31)22-30-20-24(19-25(30)21-28(6)11-4)15-14-16-26(32-7)23(5)10-3/h10,14-16,24-25H,8-9,11-13,17-22H2,1-7H3/b15-14+,23-10-,26-16+. The summed E-state index contributed by atoms with van der Waals surface area (Å²) in [5.74, 6) is 1.66. The second-order valence-corrected chi connectivity index (χ2v) is 9.11. The molecule has 1 aliphatic heterocycles. The van der Waals surface area contributed by atoms with Crippen LogP contribution in [0.15, 0.2) is 35.6 Å². The smallest absolute Gasteiger partial charge is 0.236 e. The van der Waals surface area contributed by atoms with Crippen LogP contribution >= 0.6 is 0 Å². The number of amides is 1. The fourth-order valence-corrected chi connectivity index (χ4v) is 4.17. The molecule has 0 aliphatic carbocycles. The van der Waals surface area contributed by atoms with E-state index in [1.165, 1.54) is 0 Å². The van der Waals surface area contributed by atoms with Crippen molar-refractivity contribution in [3.8, 4) is 0 Å². The predicted octanol–water partition coefficient (Wildman–Crippen LogP) is 5.11. The highest BCUT2D eigenvalue weighted by molar-refractivity contribution is 5.78. The van der Waals surface area contributed by atoms with Gasteiger partial charge in [0.05, 0.1) is 13.7 Å². The third kappa shape index (κ3) is 9.91. The summed E-state index contributed by atoms with van der Waals surface area (Å²) in [5.41, 5.74) is 1.14. The molecule has 1 heterocycles. The molecule has 1 saturated heterocycles. The Hall–Kier alpha value is -1.59. The van der Waals surface area contributed by atoms with Gasteiger partial charge in [0.2, 0.25) is 5.91 Å². The molecule has 184 valence electrons. The van der Waals surface area contributed by atoms with Crippen molar-refractivity contribution in [1.82, 2.24) is 14.7 Å². The third-order valence-corrected chi connectivity index (χ3v) is 6.55. The van der Waals surface area contributed by atoms with Gasteiger partial charge in [0.15, 0.2) is 0 Å². The Morgan fingerprint density at radius 1 is 1.16 bits per heavy atom. The molecule has 0 bridgehead atoms. The van der Waals surface area contributed by atoms with Crippen molar-refractivity contribution in [3.63, 3.8) is 0 Å². The van der Waals surface area contributed by atoms with E-state index in [4.69, 9.17) is 4.74 Å². The van der Waals surface area contributed by atoms with Crippen LogP contribution < -0.4 is 0 Å². The minimum Gasteiger partial charge on any atom is -0.497 e. The summed E-state index contributed by atoms with van der Waals surface area (Å²) < 4.78 is 5.49. The molecule has 1 rings (SSSR count). The molecule has 0 N–H and O–H groups in total. The topological polar surface area (TPSA) is 36.0 Å². The largest absolute Gasteiger partial charge is 0.497 e. The van der Waals surface area contributed by atoms with E-state index < -0.39 is 0 Å². The molecule has 1 fully saturated rings. The average Bonchev–Trinajstić information content (AvgIpc) is 3.16. The highest BCUT2D eigenvalue weighted by Gasteiger charge is 2.33. The molecule has 0 aromatic rings. The number of hydrogen-bond acceptors (Lipinski definition) is 4. The fourth-order valence-electron chi connectivity index (χ4n) is 4.17. The van der Waals surface area contributed by atoms with Crippen molar-refractivity contribution in [1.29, 1.82) is 0 Å². The van der Waals surface area contributed by atoms with Gasteiger partial charge in [-0.2, -0.15) is 0 Å². The molecule has 1 amide bonds. The molecular weight excluding hydrogens is 398 g/mol. The molecule has 32 heavy (non-hydrogen) atoms. The fraction of sp³-hybridized carbons (Fsp3) is 0.741. The monoisotopic (exact) mass is 447 g/mol. The maximum absolute atomic E-state index is 13.2. The van der Waals surface area contributed by atoms with Crippen LogP contribution in [0, 0.1) is 5.92 Å². The molecule has 0 aromatic heterocycles. The van der Waals surface area contributed by atoms with Crippen LogP contribution in [0.25, 0.3) is 0 Å². The number of likely N-dealkylation sites (N-methyl/N-ethyl adjacent to an activating group) is 1. The van der Waals surface area contributed by atoms with Crippen molar-refractivity contribution >= 4 is 5.91 Å². The minimum absolute atomic E-state index is 0.297. The van der Waals surface area contributed by atoms with Crippen LogP contribution in [0.5, 0.6) is 0 Å². The second-order valence-electron chi connectivity index (χ2n) is 9.11. The lowest BCUT2D eigenvalue weighted by Crippen LogP contribution is -2.46. The van der Waals surface area contributed by atoms with Gasteiger partial charge in [-0.3, -0.25) is 9.69 Å². The van der Waals surface area contributed by atoms with Gasteiger partial charge in [0.25, 0.3) is 0 Å². The molecule has 0 aromatic carbocycles.